The normalized spacial score (nSPS) is 11.9. The smallest absolute Gasteiger partial charge is 0.269 e. The molecule has 3 aromatic heterocycles. The highest BCUT2D eigenvalue weighted by Crippen LogP contribution is 2.31. The molecule has 1 aromatic carbocycles. The summed E-state index contributed by atoms with van der Waals surface area (Å²) in [6.45, 7) is 1.81. The van der Waals surface area contributed by atoms with Crippen LogP contribution in [0.1, 0.15) is 5.69 Å². The molecule has 8 heteroatoms. The largest absolute Gasteiger partial charge is 0.364 e. The van der Waals surface area contributed by atoms with E-state index in [1.807, 2.05) is 12.1 Å². The van der Waals surface area contributed by atoms with E-state index in [9.17, 15) is 8.42 Å². The van der Waals surface area contributed by atoms with Crippen LogP contribution in [0.5, 0.6) is 0 Å². The minimum atomic E-state index is -3.76. The van der Waals surface area contributed by atoms with Crippen molar-refractivity contribution in [2.75, 3.05) is 0 Å². The molecule has 4 aromatic rings. The van der Waals surface area contributed by atoms with Crippen LogP contribution in [-0.2, 0) is 10.0 Å². The number of aromatic nitrogens is 3. The lowest BCUT2D eigenvalue weighted by molar-refractivity contribution is 0.415. The summed E-state index contributed by atoms with van der Waals surface area (Å²) in [7, 11) is -3.76. The first-order chi connectivity index (χ1) is 12.0. The van der Waals surface area contributed by atoms with Crippen LogP contribution in [0.3, 0.4) is 0 Å². The van der Waals surface area contributed by atoms with Crippen molar-refractivity contribution < 1.29 is 12.9 Å². The molecule has 0 fully saturated rings. The fourth-order valence-corrected chi connectivity index (χ4v) is 4.60. The molecular weight excluding hydrogens is 406 g/mol. The maximum Gasteiger partial charge on any atom is 0.269 e. The van der Waals surface area contributed by atoms with Crippen LogP contribution in [0, 0.1) is 6.92 Å². The van der Waals surface area contributed by atoms with Gasteiger partial charge in [-0.15, -0.1) is 0 Å². The number of aryl methyl sites for hydroxylation is 1. The minimum absolute atomic E-state index is 0.202. The highest BCUT2D eigenvalue weighted by atomic mass is 79.9. The number of fused-ring (bicyclic) bond motifs is 1. The van der Waals surface area contributed by atoms with Gasteiger partial charge in [0.05, 0.1) is 21.8 Å². The first-order valence-corrected chi connectivity index (χ1v) is 9.61. The van der Waals surface area contributed by atoms with Gasteiger partial charge in [0.1, 0.15) is 6.26 Å². The summed E-state index contributed by atoms with van der Waals surface area (Å²) in [6, 6.07) is 11.9. The Morgan fingerprint density at radius 1 is 1.12 bits per heavy atom. The van der Waals surface area contributed by atoms with Crippen molar-refractivity contribution in [3.8, 4) is 11.3 Å². The van der Waals surface area contributed by atoms with Crippen molar-refractivity contribution in [3.05, 3.63) is 65.1 Å². The molecule has 0 aliphatic heterocycles. The van der Waals surface area contributed by atoms with E-state index in [1.54, 1.807) is 37.3 Å². The van der Waals surface area contributed by atoms with E-state index in [1.165, 1.54) is 16.4 Å². The summed E-state index contributed by atoms with van der Waals surface area (Å²) in [4.78, 5) is 4.75. The lowest BCUT2D eigenvalue weighted by atomic mass is 10.1. The average Bonchev–Trinajstić information content (AvgIpc) is 3.19. The van der Waals surface area contributed by atoms with Crippen molar-refractivity contribution in [2.24, 2.45) is 0 Å². The number of benzene rings is 1. The molecule has 25 heavy (non-hydrogen) atoms. The first kappa shape index (κ1) is 16.0. The molecule has 0 atom stereocenters. The minimum Gasteiger partial charge on any atom is -0.364 e. The SMILES string of the molecule is Cc1nocc1-c1ccc2c(Br)cn(S(=O)(=O)c3ccccc3)c2n1. The van der Waals surface area contributed by atoms with Crippen LogP contribution in [0.15, 0.2) is 68.8 Å². The van der Waals surface area contributed by atoms with E-state index in [4.69, 9.17) is 4.52 Å². The molecule has 0 unspecified atom stereocenters. The second-order valence-corrected chi connectivity index (χ2v) is 8.14. The molecule has 0 aliphatic carbocycles. The van der Waals surface area contributed by atoms with Crippen LogP contribution in [0.2, 0.25) is 0 Å². The van der Waals surface area contributed by atoms with E-state index < -0.39 is 10.0 Å². The third-order valence-corrected chi connectivity index (χ3v) is 6.19. The van der Waals surface area contributed by atoms with Crippen LogP contribution >= 0.6 is 15.9 Å². The second-order valence-electron chi connectivity index (χ2n) is 5.47. The van der Waals surface area contributed by atoms with E-state index in [-0.39, 0.29) is 4.90 Å². The predicted octanol–water partition coefficient (Wildman–Crippen LogP) is 4.00. The molecule has 0 saturated carbocycles. The zero-order chi connectivity index (χ0) is 17.6. The Hall–Kier alpha value is -2.45. The highest BCUT2D eigenvalue weighted by Gasteiger charge is 2.22. The van der Waals surface area contributed by atoms with Crippen LogP contribution in [0.4, 0.5) is 0 Å². The van der Waals surface area contributed by atoms with Gasteiger partial charge in [0.2, 0.25) is 0 Å². The summed E-state index contributed by atoms with van der Waals surface area (Å²) in [5.41, 5.74) is 2.35. The number of hydrogen-bond acceptors (Lipinski definition) is 5. The fraction of sp³-hybridized carbons (Fsp3) is 0.0588. The van der Waals surface area contributed by atoms with Crippen molar-refractivity contribution >= 4 is 37.0 Å². The Morgan fingerprint density at radius 2 is 1.88 bits per heavy atom. The highest BCUT2D eigenvalue weighted by molar-refractivity contribution is 9.10. The van der Waals surface area contributed by atoms with Crippen molar-refractivity contribution in [3.63, 3.8) is 0 Å². The van der Waals surface area contributed by atoms with Crippen molar-refractivity contribution in [1.29, 1.82) is 0 Å². The summed E-state index contributed by atoms with van der Waals surface area (Å²) < 4.78 is 32.8. The Morgan fingerprint density at radius 3 is 2.56 bits per heavy atom. The lowest BCUT2D eigenvalue weighted by Crippen LogP contribution is -2.12. The molecule has 3 heterocycles. The van der Waals surface area contributed by atoms with E-state index in [0.717, 1.165) is 5.56 Å². The van der Waals surface area contributed by atoms with Gasteiger partial charge < -0.3 is 4.52 Å². The van der Waals surface area contributed by atoms with Gasteiger partial charge in [0.25, 0.3) is 10.0 Å². The van der Waals surface area contributed by atoms with Gasteiger partial charge >= 0.3 is 0 Å². The third-order valence-electron chi connectivity index (χ3n) is 3.90. The topological polar surface area (TPSA) is 78.0 Å². The molecular formula is C17H12BrN3O3S. The maximum absolute atomic E-state index is 13.0. The van der Waals surface area contributed by atoms with Gasteiger partial charge in [-0.1, -0.05) is 23.4 Å². The quantitative estimate of drug-likeness (QED) is 0.503. The van der Waals surface area contributed by atoms with Crippen molar-refractivity contribution in [2.45, 2.75) is 11.8 Å². The van der Waals surface area contributed by atoms with Crippen LogP contribution in [-0.4, -0.2) is 22.5 Å². The number of halogens is 1. The predicted molar refractivity (Wildman–Crippen MR) is 96.7 cm³/mol. The molecule has 0 aliphatic rings. The first-order valence-electron chi connectivity index (χ1n) is 7.38. The molecule has 0 amide bonds. The van der Waals surface area contributed by atoms with Gasteiger partial charge in [0.15, 0.2) is 5.65 Å². The molecule has 0 spiro atoms. The van der Waals surface area contributed by atoms with Crippen LogP contribution < -0.4 is 0 Å². The Labute approximate surface area is 152 Å². The monoisotopic (exact) mass is 417 g/mol. The third kappa shape index (κ3) is 2.58. The van der Waals surface area contributed by atoms with E-state index >= 15 is 0 Å². The van der Waals surface area contributed by atoms with Gasteiger partial charge in [-0.25, -0.2) is 17.4 Å². The molecule has 0 radical (unpaired) electrons. The van der Waals surface area contributed by atoms with Gasteiger partial charge in [0, 0.05) is 16.1 Å². The summed E-state index contributed by atoms with van der Waals surface area (Å²) in [5.74, 6) is 0. The Balaban J connectivity index is 1.98. The molecule has 126 valence electrons. The average molecular weight is 418 g/mol. The van der Waals surface area contributed by atoms with Crippen molar-refractivity contribution in [1.82, 2.24) is 14.1 Å². The zero-order valence-electron chi connectivity index (χ0n) is 13.0. The molecule has 0 saturated heterocycles. The maximum atomic E-state index is 13.0. The molecule has 0 bridgehead atoms. The van der Waals surface area contributed by atoms with Gasteiger partial charge in [-0.2, -0.15) is 0 Å². The van der Waals surface area contributed by atoms with Gasteiger partial charge in [-0.3, -0.25) is 0 Å². The Bertz CT molecular complexity index is 1180. The fourth-order valence-electron chi connectivity index (χ4n) is 2.61. The standard InChI is InChI=1S/C17H12BrN3O3S/c1-11-14(10-24-20-11)16-8-7-13-15(18)9-21(17(13)19-16)25(22,23)12-5-3-2-4-6-12/h2-10H,1H3. The number of nitrogens with zero attached hydrogens (tertiary/aromatic N) is 3. The summed E-state index contributed by atoms with van der Waals surface area (Å²) in [6.07, 6.45) is 3.02. The number of pyridine rings is 1. The zero-order valence-corrected chi connectivity index (χ0v) is 15.5. The number of hydrogen-bond donors (Lipinski definition) is 0. The van der Waals surface area contributed by atoms with E-state index in [2.05, 4.69) is 26.1 Å². The number of rotatable bonds is 3. The molecule has 6 nitrogen and oxygen atoms in total. The summed E-state index contributed by atoms with van der Waals surface area (Å²) in [5, 5.41) is 4.55. The second kappa shape index (κ2) is 5.82. The Kier molecular flexibility index (Phi) is 3.73. The molecule has 0 N–H and O–H groups in total. The van der Waals surface area contributed by atoms with E-state index in [0.29, 0.717) is 26.9 Å². The van der Waals surface area contributed by atoms with Gasteiger partial charge in [-0.05, 0) is 47.1 Å². The molecule has 4 rings (SSSR count). The van der Waals surface area contributed by atoms with Crippen LogP contribution in [0.25, 0.3) is 22.3 Å². The summed E-state index contributed by atoms with van der Waals surface area (Å²) >= 11 is 3.41. The lowest BCUT2D eigenvalue weighted by Gasteiger charge is -2.07.